The van der Waals surface area contributed by atoms with E-state index in [9.17, 15) is 4.79 Å². The average molecular weight is 240 g/mol. The van der Waals surface area contributed by atoms with Crippen LogP contribution in [0.25, 0.3) is 0 Å². The van der Waals surface area contributed by atoms with Gasteiger partial charge in [-0.1, -0.05) is 45.4 Å². The number of hydrogen-bond donors (Lipinski definition) is 0. The van der Waals surface area contributed by atoms with E-state index < -0.39 is 0 Å². The van der Waals surface area contributed by atoms with Crippen LogP contribution in [0.2, 0.25) is 0 Å². The molecule has 0 aliphatic carbocycles. The van der Waals surface area contributed by atoms with Gasteiger partial charge in [0.1, 0.15) is 6.10 Å². The minimum Gasteiger partial charge on any atom is -0.459 e. The molecule has 0 bridgehead atoms. The minimum atomic E-state index is -0.0313. The third kappa shape index (κ3) is 3.44. The predicted octanol–water partition coefficient (Wildman–Crippen LogP) is 3.07. The van der Waals surface area contributed by atoms with E-state index >= 15 is 0 Å². The van der Waals surface area contributed by atoms with Gasteiger partial charge in [0.15, 0.2) is 0 Å². The zero-order valence-electron chi connectivity index (χ0n) is 10.8. The van der Waals surface area contributed by atoms with Crippen molar-refractivity contribution in [3.8, 4) is 0 Å². The maximum atomic E-state index is 11.2. The van der Waals surface area contributed by atoms with Crippen molar-refractivity contribution < 1.29 is 14.3 Å². The molecule has 2 rings (SSSR count). The number of unbranched alkanes of at least 4 members (excludes halogenated alkanes) is 5. The van der Waals surface area contributed by atoms with Crippen molar-refractivity contribution in [3.63, 3.8) is 0 Å². The third-order valence-electron chi connectivity index (χ3n) is 3.96. The molecule has 3 nitrogen and oxygen atoms in total. The molecule has 0 aromatic heterocycles. The second-order valence-corrected chi connectivity index (χ2v) is 5.32. The monoisotopic (exact) mass is 240 g/mol. The number of fused-ring (bicyclic) bond motifs is 1. The molecule has 0 spiro atoms. The highest BCUT2D eigenvalue weighted by Crippen LogP contribution is 2.35. The quantitative estimate of drug-likeness (QED) is 0.507. The summed E-state index contributed by atoms with van der Waals surface area (Å²) < 4.78 is 10.9. The molecule has 0 amide bonds. The molecule has 2 aliphatic rings. The number of rotatable bonds is 7. The molecule has 3 heteroatoms. The first-order valence-corrected chi connectivity index (χ1v) is 7.12. The Morgan fingerprint density at radius 2 is 1.94 bits per heavy atom. The van der Waals surface area contributed by atoms with Crippen molar-refractivity contribution in [3.05, 3.63) is 0 Å². The molecule has 0 N–H and O–H groups in total. The molecular formula is C14H24O3. The summed E-state index contributed by atoms with van der Waals surface area (Å²) in [6.07, 6.45) is 9.89. The average Bonchev–Trinajstić information content (AvgIpc) is 2.83. The fraction of sp³-hybridized carbons (Fsp3) is 0.929. The van der Waals surface area contributed by atoms with E-state index in [0.29, 0.717) is 18.9 Å². The molecule has 0 aromatic rings. The van der Waals surface area contributed by atoms with Crippen LogP contribution in [0.1, 0.15) is 58.3 Å². The van der Waals surface area contributed by atoms with Crippen LogP contribution in [0.5, 0.6) is 0 Å². The van der Waals surface area contributed by atoms with Crippen molar-refractivity contribution >= 4 is 5.97 Å². The fourth-order valence-electron chi connectivity index (χ4n) is 2.92. The summed E-state index contributed by atoms with van der Waals surface area (Å²) in [7, 11) is 0. The molecular weight excluding hydrogens is 216 g/mol. The largest absolute Gasteiger partial charge is 0.459 e. The van der Waals surface area contributed by atoms with Gasteiger partial charge >= 0.3 is 5.97 Å². The van der Waals surface area contributed by atoms with Crippen LogP contribution < -0.4 is 0 Å². The Hall–Kier alpha value is -0.570. The van der Waals surface area contributed by atoms with Crippen LogP contribution in [-0.2, 0) is 14.3 Å². The Bertz CT molecular complexity index is 252. The highest BCUT2D eigenvalue weighted by Gasteiger charge is 2.45. The number of ether oxygens (including phenoxy) is 2. The molecule has 2 fully saturated rings. The Morgan fingerprint density at radius 1 is 1.18 bits per heavy atom. The summed E-state index contributed by atoms with van der Waals surface area (Å²) in [5.74, 6) is 0.314. The highest BCUT2D eigenvalue weighted by molar-refractivity contribution is 5.72. The van der Waals surface area contributed by atoms with Gasteiger partial charge in [-0.25, -0.2) is 0 Å². The minimum absolute atomic E-state index is 0.0313. The van der Waals surface area contributed by atoms with Crippen LogP contribution in [0.15, 0.2) is 0 Å². The van der Waals surface area contributed by atoms with Crippen LogP contribution in [0, 0.1) is 5.92 Å². The van der Waals surface area contributed by atoms with Gasteiger partial charge in [0.25, 0.3) is 0 Å². The van der Waals surface area contributed by atoms with Gasteiger partial charge in [-0.3, -0.25) is 4.79 Å². The zero-order valence-corrected chi connectivity index (χ0v) is 10.8. The Balaban J connectivity index is 1.59. The first-order chi connectivity index (χ1) is 8.31. The van der Waals surface area contributed by atoms with Gasteiger partial charge in [-0.2, -0.15) is 0 Å². The van der Waals surface area contributed by atoms with E-state index in [1.54, 1.807) is 0 Å². The molecule has 2 aliphatic heterocycles. The first kappa shape index (κ1) is 12.9. The van der Waals surface area contributed by atoms with Crippen molar-refractivity contribution in [2.45, 2.75) is 70.5 Å². The maximum Gasteiger partial charge on any atom is 0.306 e. The molecule has 98 valence electrons. The van der Waals surface area contributed by atoms with Crippen molar-refractivity contribution in [1.29, 1.82) is 0 Å². The summed E-state index contributed by atoms with van der Waals surface area (Å²) in [5, 5.41) is 0. The van der Waals surface area contributed by atoms with Crippen LogP contribution in [-0.4, -0.2) is 24.8 Å². The Morgan fingerprint density at radius 3 is 2.76 bits per heavy atom. The summed E-state index contributed by atoms with van der Waals surface area (Å²) >= 11 is 0. The van der Waals surface area contributed by atoms with Crippen LogP contribution in [0.3, 0.4) is 0 Å². The smallest absolute Gasteiger partial charge is 0.306 e. The lowest BCUT2D eigenvalue weighted by Gasteiger charge is -2.14. The van der Waals surface area contributed by atoms with E-state index in [4.69, 9.17) is 9.47 Å². The highest BCUT2D eigenvalue weighted by atomic mass is 16.6. The second kappa shape index (κ2) is 6.39. The summed E-state index contributed by atoms with van der Waals surface area (Å²) in [4.78, 5) is 11.2. The SMILES string of the molecule is CCCCCCCC[C@H]1OC[C@@H]2OC(=O)C[C@@H]21. The van der Waals surface area contributed by atoms with Gasteiger partial charge in [-0.15, -0.1) is 0 Å². The molecule has 0 radical (unpaired) electrons. The van der Waals surface area contributed by atoms with Gasteiger partial charge in [-0.05, 0) is 6.42 Å². The summed E-state index contributed by atoms with van der Waals surface area (Å²) in [6.45, 7) is 2.86. The van der Waals surface area contributed by atoms with Crippen molar-refractivity contribution in [1.82, 2.24) is 0 Å². The van der Waals surface area contributed by atoms with E-state index in [2.05, 4.69) is 6.92 Å². The molecule has 0 unspecified atom stereocenters. The fourth-order valence-corrected chi connectivity index (χ4v) is 2.92. The maximum absolute atomic E-state index is 11.2. The van der Waals surface area contributed by atoms with Crippen LogP contribution >= 0.6 is 0 Å². The van der Waals surface area contributed by atoms with Gasteiger partial charge in [0.05, 0.1) is 19.1 Å². The van der Waals surface area contributed by atoms with Gasteiger partial charge in [0, 0.05) is 5.92 Å². The number of carbonyl (C=O) groups excluding carboxylic acids is 1. The van der Waals surface area contributed by atoms with Crippen LogP contribution in [0.4, 0.5) is 0 Å². The van der Waals surface area contributed by atoms with E-state index in [0.717, 1.165) is 6.42 Å². The van der Waals surface area contributed by atoms with E-state index in [1.807, 2.05) is 0 Å². The Labute approximate surface area is 104 Å². The lowest BCUT2D eigenvalue weighted by molar-refractivity contribution is -0.142. The molecule has 2 saturated heterocycles. The number of hydrogen-bond acceptors (Lipinski definition) is 3. The molecule has 0 aromatic carbocycles. The topological polar surface area (TPSA) is 35.5 Å². The Kier molecular flexibility index (Phi) is 4.84. The lowest BCUT2D eigenvalue weighted by Crippen LogP contribution is -2.19. The number of carbonyl (C=O) groups is 1. The molecule has 0 saturated carbocycles. The lowest BCUT2D eigenvalue weighted by atomic mass is 9.93. The normalized spacial score (nSPS) is 31.6. The van der Waals surface area contributed by atoms with Crippen molar-refractivity contribution in [2.24, 2.45) is 5.92 Å². The van der Waals surface area contributed by atoms with Gasteiger partial charge in [0.2, 0.25) is 0 Å². The van der Waals surface area contributed by atoms with Gasteiger partial charge < -0.3 is 9.47 Å². The molecule has 2 heterocycles. The second-order valence-electron chi connectivity index (χ2n) is 5.32. The summed E-state index contributed by atoms with van der Waals surface area (Å²) in [5.41, 5.74) is 0. The number of esters is 1. The molecule has 17 heavy (non-hydrogen) atoms. The standard InChI is InChI=1S/C14H24O3/c1-2-3-4-5-6-7-8-12-11-9-14(15)17-13(11)10-16-12/h11-13H,2-10H2,1H3/t11-,12-,13+/m1/s1. The zero-order chi connectivity index (χ0) is 12.1. The first-order valence-electron chi connectivity index (χ1n) is 7.12. The van der Waals surface area contributed by atoms with E-state index in [1.165, 1.54) is 38.5 Å². The van der Waals surface area contributed by atoms with E-state index in [-0.39, 0.29) is 18.2 Å². The molecule has 3 atom stereocenters. The summed E-state index contributed by atoms with van der Waals surface area (Å²) in [6, 6.07) is 0. The predicted molar refractivity (Wildman–Crippen MR) is 65.7 cm³/mol. The van der Waals surface area contributed by atoms with Crippen molar-refractivity contribution in [2.75, 3.05) is 6.61 Å². The third-order valence-corrected chi connectivity index (χ3v) is 3.96.